The summed E-state index contributed by atoms with van der Waals surface area (Å²) in [6, 6.07) is 6.38. The molecule has 17 heavy (non-hydrogen) atoms. The molecular weight excluding hydrogens is 302 g/mol. The Kier molecular flexibility index (Phi) is 3.78. The van der Waals surface area contributed by atoms with Gasteiger partial charge in [-0.1, -0.05) is 15.9 Å². The fourth-order valence-corrected chi connectivity index (χ4v) is 3.74. The zero-order chi connectivity index (χ0) is 12.5. The molecule has 1 heterocycles. The average molecular weight is 318 g/mol. The molecule has 0 saturated carbocycles. The van der Waals surface area contributed by atoms with Crippen molar-refractivity contribution in [3.63, 3.8) is 0 Å². The highest BCUT2D eigenvalue weighted by molar-refractivity contribution is 9.10. The number of sulfone groups is 1. The number of hydrogen-bond donors (Lipinski definition) is 1. The molecule has 3 nitrogen and oxygen atoms in total. The molecule has 1 aliphatic rings. The second kappa shape index (κ2) is 4.98. The summed E-state index contributed by atoms with van der Waals surface area (Å²) in [4.78, 5) is 0. The Bertz CT molecular complexity index is 499. The minimum Gasteiger partial charge on any atom is -0.382 e. The Labute approximate surface area is 111 Å². The van der Waals surface area contributed by atoms with Crippen molar-refractivity contribution in [3.05, 3.63) is 28.2 Å². The van der Waals surface area contributed by atoms with Gasteiger partial charge >= 0.3 is 0 Å². The number of rotatable bonds is 2. The molecule has 2 rings (SSSR count). The molecule has 1 aliphatic heterocycles. The van der Waals surface area contributed by atoms with Crippen molar-refractivity contribution in [2.75, 3.05) is 16.8 Å². The molecule has 0 aromatic heterocycles. The van der Waals surface area contributed by atoms with Crippen LogP contribution >= 0.6 is 15.9 Å². The lowest BCUT2D eigenvalue weighted by Crippen LogP contribution is -2.32. The summed E-state index contributed by atoms with van der Waals surface area (Å²) < 4.78 is 23.7. The second-order valence-electron chi connectivity index (χ2n) is 4.53. The second-order valence-corrected chi connectivity index (χ2v) is 7.69. The summed E-state index contributed by atoms with van der Waals surface area (Å²) in [5, 5.41) is 3.40. The minimum absolute atomic E-state index is 0.277. The minimum atomic E-state index is -2.77. The quantitative estimate of drug-likeness (QED) is 0.912. The van der Waals surface area contributed by atoms with Gasteiger partial charge in [-0.05, 0) is 43.5 Å². The Balaban J connectivity index is 2.00. The first-order valence-electron chi connectivity index (χ1n) is 5.69. The molecule has 0 unspecified atom stereocenters. The van der Waals surface area contributed by atoms with Crippen molar-refractivity contribution in [1.29, 1.82) is 0 Å². The number of hydrogen-bond acceptors (Lipinski definition) is 3. The molecule has 1 aromatic carbocycles. The summed E-state index contributed by atoms with van der Waals surface area (Å²) in [7, 11) is -2.77. The van der Waals surface area contributed by atoms with E-state index >= 15 is 0 Å². The van der Waals surface area contributed by atoms with Crippen molar-refractivity contribution >= 4 is 31.5 Å². The lowest BCUT2D eigenvalue weighted by Gasteiger charge is -2.24. The predicted octanol–water partition coefficient (Wildman–Crippen LogP) is 2.75. The number of halogens is 1. The van der Waals surface area contributed by atoms with E-state index in [2.05, 4.69) is 27.3 Å². The summed E-state index contributed by atoms with van der Waals surface area (Å²) in [5.74, 6) is 0.611. The van der Waals surface area contributed by atoms with Crippen LogP contribution in [-0.4, -0.2) is 26.0 Å². The molecule has 0 spiro atoms. The molecule has 0 radical (unpaired) electrons. The third kappa shape index (κ3) is 3.45. The molecule has 1 saturated heterocycles. The molecular formula is C12H16BrNO2S. The van der Waals surface area contributed by atoms with E-state index in [0.29, 0.717) is 24.3 Å². The Morgan fingerprint density at radius 2 is 1.94 bits per heavy atom. The smallest absolute Gasteiger partial charge is 0.150 e. The van der Waals surface area contributed by atoms with Gasteiger partial charge in [0.2, 0.25) is 0 Å². The number of nitrogens with one attached hydrogen (secondary N) is 1. The highest BCUT2D eigenvalue weighted by Gasteiger charge is 2.23. The van der Waals surface area contributed by atoms with Gasteiger partial charge in [-0.15, -0.1) is 0 Å². The van der Waals surface area contributed by atoms with Gasteiger partial charge in [-0.3, -0.25) is 0 Å². The molecule has 5 heteroatoms. The van der Waals surface area contributed by atoms with Gasteiger partial charge in [-0.25, -0.2) is 8.42 Å². The standard InChI is InChI=1S/C12H16BrNO2S/c1-9-8-11(2-3-12(9)13)14-10-4-6-17(15,16)7-5-10/h2-3,8,10,14H,4-7H2,1H3. The third-order valence-corrected chi connectivity index (χ3v) is 5.69. The van der Waals surface area contributed by atoms with E-state index in [0.717, 1.165) is 10.2 Å². The maximum atomic E-state index is 11.3. The summed E-state index contributed by atoms with van der Waals surface area (Å²) in [6.45, 7) is 2.04. The topological polar surface area (TPSA) is 46.2 Å². The highest BCUT2D eigenvalue weighted by atomic mass is 79.9. The zero-order valence-corrected chi connectivity index (χ0v) is 12.1. The van der Waals surface area contributed by atoms with Crippen LogP contribution in [0.25, 0.3) is 0 Å². The molecule has 1 N–H and O–H groups in total. The number of anilines is 1. The van der Waals surface area contributed by atoms with Gasteiger partial charge < -0.3 is 5.32 Å². The highest BCUT2D eigenvalue weighted by Crippen LogP contribution is 2.22. The van der Waals surface area contributed by atoms with E-state index < -0.39 is 9.84 Å². The van der Waals surface area contributed by atoms with Gasteiger partial charge in [0.05, 0.1) is 11.5 Å². The molecule has 94 valence electrons. The monoisotopic (exact) mass is 317 g/mol. The van der Waals surface area contributed by atoms with Crippen LogP contribution in [0.5, 0.6) is 0 Å². The fraction of sp³-hybridized carbons (Fsp3) is 0.500. The van der Waals surface area contributed by atoms with E-state index in [-0.39, 0.29) is 6.04 Å². The van der Waals surface area contributed by atoms with E-state index in [4.69, 9.17) is 0 Å². The number of benzene rings is 1. The van der Waals surface area contributed by atoms with Crippen molar-refractivity contribution in [1.82, 2.24) is 0 Å². The lowest BCUT2D eigenvalue weighted by atomic mass is 10.1. The van der Waals surface area contributed by atoms with Gasteiger partial charge in [-0.2, -0.15) is 0 Å². The Morgan fingerprint density at radius 1 is 1.29 bits per heavy atom. The molecule has 0 bridgehead atoms. The Hall–Kier alpha value is -0.550. The van der Waals surface area contributed by atoms with Crippen molar-refractivity contribution in [2.24, 2.45) is 0 Å². The van der Waals surface area contributed by atoms with Crippen LogP contribution in [0, 0.1) is 6.92 Å². The maximum Gasteiger partial charge on any atom is 0.150 e. The number of aryl methyl sites for hydroxylation is 1. The van der Waals surface area contributed by atoms with E-state index in [1.165, 1.54) is 5.56 Å². The van der Waals surface area contributed by atoms with Gasteiger partial charge in [0.25, 0.3) is 0 Å². The van der Waals surface area contributed by atoms with Crippen molar-refractivity contribution in [3.8, 4) is 0 Å². The molecule has 0 atom stereocenters. The fourth-order valence-electron chi connectivity index (χ4n) is 2.00. The average Bonchev–Trinajstić information content (AvgIpc) is 2.27. The summed E-state index contributed by atoms with van der Waals surface area (Å²) in [5.41, 5.74) is 2.24. The summed E-state index contributed by atoms with van der Waals surface area (Å²) >= 11 is 3.46. The van der Waals surface area contributed by atoms with Crippen LogP contribution in [0.15, 0.2) is 22.7 Å². The molecule has 0 amide bonds. The molecule has 1 aromatic rings. The van der Waals surface area contributed by atoms with Crippen LogP contribution in [0.4, 0.5) is 5.69 Å². The van der Waals surface area contributed by atoms with E-state index in [1.807, 2.05) is 19.1 Å². The van der Waals surface area contributed by atoms with Crippen LogP contribution in [0.1, 0.15) is 18.4 Å². The Morgan fingerprint density at radius 3 is 2.53 bits per heavy atom. The van der Waals surface area contributed by atoms with Crippen LogP contribution in [-0.2, 0) is 9.84 Å². The van der Waals surface area contributed by atoms with Gasteiger partial charge in [0, 0.05) is 16.2 Å². The largest absolute Gasteiger partial charge is 0.382 e. The zero-order valence-electron chi connectivity index (χ0n) is 9.74. The first-order valence-corrected chi connectivity index (χ1v) is 8.31. The van der Waals surface area contributed by atoms with Crippen molar-refractivity contribution < 1.29 is 8.42 Å². The van der Waals surface area contributed by atoms with Crippen LogP contribution in [0.3, 0.4) is 0 Å². The van der Waals surface area contributed by atoms with Crippen LogP contribution in [0.2, 0.25) is 0 Å². The van der Waals surface area contributed by atoms with Crippen molar-refractivity contribution in [2.45, 2.75) is 25.8 Å². The van der Waals surface area contributed by atoms with E-state index in [1.54, 1.807) is 0 Å². The van der Waals surface area contributed by atoms with Gasteiger partial charge in [0.15, 0.2) is 0 Å². The first kappa shape index (κ1) is 12.9. The van der Waals surface area contributed by atoms with Gasteiger partial charge in [0.1, 0.15) is 9.84 Å². The molecule has 0 aliphatic carbocycles. The first-order chi connectivity index (χ1) is 7.96. The maximum absolute atomic E-state index is 11.3. The lowest BCUT2D eigenvalue weighted by molar-refractivity contribution is 0.559. The molecule has 1 fully saturated rings. The third-order valence-electron chi connectivity index (χ3n) is 3.08. The normalized spacial score (nSPS) is 20.1. The summed E-state index contributed by atoms with van der Waals surface area (Å²) in [6.07, 6.45) is 1.41. The SMILES string of the molecule is Cc1cc(NC2CCS(=O)(=O)CC2)ccc1Br. The predicted molar refractivity (Wildman–Crippen MR) is 74.2 cm³/mol. The van der Waals surface area contributed by atoms with Crippen LogP contribution < -0.4 is 5.32 Å². The van der Waals surface area contributed by atoms with E-state index in [9.17, 15) is 8.42 Å².